The zero-order chi connectivity index (χ0) is 55.8. The van der Waals surface area contributed by atoms with Crippen molar-refractivity contribution in [3.8, 4) is 27.4 Å². The van der Waals surface area contributed by atoms with Crippen molar-refractivity contribution in [3.05, 3.63) is 130 Å². The van der Waals surface area contributed by atoms with Gasteiger partial charge in [0.25, 0.3) is 0 Å². The molecule has 2 amide bonds. The van der Waals surface area contributed by atoms with E-state index in [4.69, 9.17) is 9.84 Å². The van der Waals surface area contributed by atoms with E-state index in [0.717, 1.165) is 76.3 Å². The van der Waals surface area contributed by atoms with Gasteiger partial charge in [0.05, 0.1) is 63.2 Å². The quantitative estimate of drug-likeness (QED) is 0.0573. The highest BCUT2D eigenvalue weighted by Crippen LogP contribution is 2.36. The molecule has 0 radical (unpaired) electrons. The van der Waals surface area contributed by atoms with Crippen molar-refractivity contribution in [2.45, 2.75) is 70.8 Å². The number of pyridine rings is 1. The molecular formula is C56H61F3N11O7S2-. The Kier molecular flexibility index (Phi) is 16.4. The van der Waals surface area contributed by atoms with Crippen LogP contribution in [0, 0.1) is 24.5 Å². The predicted molar refractivity (Wildman–Crippen MR) is 294 cm³/mol. The molecule has 0 spiro atoms. The van der Waals surface area contributed by atoms with Crippen LogP contribution in [0.15, 0.2) is 90.7 Å². The summed E-state index contributed by atoms with van der Waals surface area (Å²) < 4.78 is 78.2. The molecule has 1 unspecified atom stereocenters. The fraction of sp³-hybridized carbons (Fsp3) is 0.393. The molecule has 3 N–H and O–H groups in total. The summed E-state index contributed by atoms with van der Waals surface area (Å²) in [4.78, 5) is 61.0. The number of rotatable bonds is 18. The fourth-order valence-electron chi connectivity index (χ4n) is 10.8. The van der Waals surface area contributed by atoms with E-state index in [-0.39, 0.29) is 61.8 Å². The third-order valence-corrected chi connectivity index (χ3v) is 16.8. The molecule has 416 valence electrons. The molecule has 18 nitrogen and oxygen atoms in total. The Morgan fingerprint density at radius 2 is 1.70 bits per heavy atom. The number of hydrogen-bond donors (Lipinski definition) is 3. The second kappa shape index (κ2) is 23.4. The second-order valence-electron chi connectivity index (χ2n) is 20.7. The van der Waals surface area contributed by atoms with Crippen LogP contribution >= 0.6 is 11.3 Å². The van der Waals surface area contributed by atoms with E-state index < -0.39 is 64.2 Å². The van der Waals surface area contributed by atoms with Crippen LogP contribution in [-0.4, -0.2) is 148 Å². The number of nitrogens with zero attached hydrogens (tertiary/aromatic N) is 9. The van der Waals surface area contributed by atoms with Crippen LogP contribution < -0.4 is 19.4 Å². The lowest BCUT2D eigenvalue weighted by Crippen LogP contribution is -2.48. The number of piperazine rings is 1. The van der Waals surface area contributed by atoms with Crippen LogP contribution in [0.25, 0.3) is 32.6 Å². The van der Waals surface area contributed by atoms with E-state index in [2.05, 4.69) is 30.1 Å². The number of hydrazine groups is 1. The first kappa shape index (κ1) is 55.3. The lowest BCUT2D eigenvalue weighted by molar-refractivity contribution is -0.140. The number of ether oxygens (including phenoxy) is 1. The summed E-state index contributed by atoms with van der Waals surface area (Å²) in [7, 11) is 1.77. The molecule has 0 aliphatic carbocycles. The maximum atomic E-state index is 16.1. The Balaban J connectivity index is 0.726. The summed E-state index contributed by atoms with van der Waals surface area (Å²) in [5.74, 6) is -4.55. The first-order chi connectivity index (χ1) is 37.9. The third kappa shape index (κ3) is 11.6. The van der Waals surface area contributed by atoms with E-state index in [1.54, 1.807) is 41.4 Å². The first-order valence-electron chi connectivity index (χ1n) is 26.3. The van der Waals surface area contributed by atoms with Crippen molar-refractivity contribution >= 4 is 62.6 Å². The van der Waals surface area contributed by atoms with Crippen molar-refractivity contribution in [1.82, 2.24) is 44.9 Å². The highest BCUT2D eigenvalue weighted by molar-refractivity contribution is 7.80. The number of aromatic nitrogens is 5. The lowest BCUT2D eigenvalue weighted by atomic mass is 9.90. The normalized spacial score (nSPS) is 19.3. The number of aromatic amines is 1. The minimum Gasteiger partial charge on any atom is -0.754 e. The molecule has 79 heavy (non-hydrogen) atoms. The van der Waals surface area contributed by atoms with Crippen molar-refractivity contribution in [2.75, 3.05) is 68.3 Å². The lowest BCUT2D eigenvalue weighted by Gasteiger charge is -2.36. The summed E-state index contributed by atoms with van der Waals surface area (Å²) in [5.41, 5.74) is 6.40. The largest absolute Gasteiger partial charge is 0.754 e. The number of nitrogens with one attached hydrogen (secondary N) is 2. The number of aliphatic hydroxyl groups is 1. The van der Waals surface area contributed by atoms with E-state index >= 15 is 8.78 Å². The number of halogens is 3. The van der Waals surface area contributed by atoms with Crippen LogP contribution in [0.4, 0.5) is 24.5 Å². The van der Waals surface area contributed by atoms with Gasteiger partial charge in [-0.2, -0.15) is 5.10 Å². The van der Waals surface area contributed by atoms with Crippen LogP contribution in [-0.2, 0) is 27.9 Å². The number of hydrogen-bond acceptors (Lipinski definition) is 14. The van der Waals surface area contributed by atoms with Crippen LogP contribution in [0.3, 0.4) is 0 Å². The molecule has 7 heterocycles. The Morgan fingerprint density at radius 1 is 0.962 bits per heavy atom. The average molecular weight is 1120 g/mol. The minimum absolute atomic E-state index is 0.0163. The van der Waals surface area contributed by atoms with Crippen molar-refractivity contribution in [1.29, 1.82) is 0 Å². The number of aryl methyl sites for hydroxylation is 2. The van der Waals surface area contributed by atoms with Gasteiger partial charge >= 0.3 is 0 Å². The topological polar surface area (TPSA) is 208 Å². The predicted octanol–water partition coefficient (Wildman–Crippen LogP) is 7.24. The molecule has 7 aromatic rings. The van der Waals surface area contributed by atoms with Gasteiger partial charge in [-0.05, 0) is 73.2 Å². The fourth-order valence-corrected chi connectivity index (χ4v) is 12.3. The molecule has 10 rings (SSSR count). The highest BCUT2D eigenvalue weighted by Gasteiger charge is 2.43. The summed E-state index contributed by atoms with van der Waals surface area (Å²) in [6, 6.07) is 19.9. The zero-order valence-electron chi connectivity index (χ0n) is 44.3. The zero-order valence-corrected chi connectivity index (χ0v) is 45.9. The summed E-state index contributed by atoms with van der Waals surface area (Å²) in [6.45, 7) is 11.6. The van der Waals surface area contributed by atoms with Gasteiger partial charge in [0.1, 0.15) is 36.0 Å². The number of likely N-dealkylation sites (tertiary alicyclic amines) is 1. The third-order valence-electron chi connectivity index (χ3n) is 15.1. The van der Waals surface area contributed by atoms with Gasteiger partial charge in [0, 0.05) is 99.9 Å². The monoisotopic (exact) mass is 1120 g/mol. The second-order valence-corrected chi connectivity index (χ2v) is 22.3. The van der Waals surface area contributed by atoms with Crippen molar-refractivity contribution in [2.24, 2.45) is 13.0 Å². The molecule has 3 aliphatic heterocycles. The van der Waals surface area contributed by atoms with Gasteiger partial charge in [-0.1, -0.05) is 50.2 Å². The van der Waals surface area contributed by atoms with Gasteiger partial charge in [-0.25, -0.2) is 37.2 Å². The van der Waals surface area contributed by atoms with E-state index in [1.807, 2.05) is 81.7 Å². The average Bonchev–Trinajstić information content (AvgIpc) is 4.37. The van der Waals surface area contributed by atoms with Crippen LogP contribution in [0.2, 0.25) is 0 Å². The van der Waals surface area contributed by atoms with Crippen LogP contribution in [0.5, 0.6) is 5.88 Å². The maximum absolute atomic E-state index is 16.1. The standard InChI is InChI=1S/C56H62F3N11O7S2/c1-32(2)49(56(74)69-30-41(71)25-47(69)55(73)63-33(3)35-6-8-37(9-7-35)53-34(4)62-31-78-53)45-26-48(65(5)64-45)77-23-22-66-18-20-67(21-19-66)40-12-10-36(11-13-40)38-24-42-43(28-61-54(42)60-27-38)52(72)50-44(58)14-15-46(51(50)59)70(79(75)76)68-17-16-39(57)29-68/h6-15,24,26-28,31-33,39,41,47,49,71H,16-23,25,29-30H2,1-5H3,(H,60,61)(H,63,73)(H,75,76)/p-1/t33-,39+,41+,47-,49+/m0/s1. The molecule has 3 aliphatic rings. The first-order valence-corrected chi connectivity index (χ1v) is 28.2. The SMILES string of the molecule is Cc1ncsc1-c1ccc([C@H](C)NC(=O)[C@@H]2C[C@@H](O)CN2C(=O)[C@@H](c2cc(OCCN3CCN(c4ccc(-c5cnc6[nH]cc(C(=O)c7c(F)ccc(N(N8CC[C@@H](F)C8)S(=O)[O-])c7F)c6c5)cc4)CC3)n(C)n2)C(C)C)cc1. The summed E-state index contributed by atoms with van der Waals surface area (Å²) >= 11 is -1.51. The Hall–Kier alpha value is -7.02. The molecule has 3 saturated heterocycles. The number of β-amino-alcohol motifs (C(OH)–C–C–N with tert-alkyl or cyclic N) is 1. The molecule has 3 aromatic carbocycles. The van der Waals surface area contributed by atoms with E-state index in [0.29, 0.717) is 45.7 Å². The number of anilines is 2. The van der Waals surface area contributed by atoms with Gasteiger partial charge in [-0.3, -0.25) is 23.5 Å². The Morgan fingerprint density at radius 3 is 2.37 bits per heavy atom. The Labute approximate surface area is 461 Å². The Bertz CT molecular complexity index is 3390. The number of H-pyrrole nitrogens is 1. The molecule has 3 fully saturated rings. The molecule has 4 aromatic heterocycles. The van der Waals surface area contributed by atoms with Gasteiger partial charge in [0.15, 0.2) is 5.82 Å². The summed E-state index contributed by atoms with van der Waals surface area (Å²) in [6.07, 6.45) is 0.918. The smallest absolute Gasteiger partial charge is 0.243 e. The maximum Gasteiger partial charge on any atom is 0.243 e. The summed E-state index contributed by atoms with van der Waals surface area (Å²) in [5, 5.41) is 20.0. The molecular weight excluding hydrogens is 1060 g/mol. The molecule has 0 saturated carbocycles. The molecule has 23 heteroatoms. The highest BCUT2D eigenvalue weighted by atomic mass is 32.2. The van der Waals surface area contributed by atoms with Gasteiger partial charge < -0.3 is 34.5 Å². The number of amides is 2. The molecule has 0 bridgehead atoms. The number of benzene rings is 3. The number of aliphatic hydroxyl groups excluding tert-OH is 1. The van der Waals surface area contributed by atoms with E-state index in [1.165, 1.54) is 11.1 Å². The number of thiazole rings is 1. The van der Waals surface area contributed by atoms with Crippen LogP contribution in [0.1, 0.15) is 78.4 Å². The van der Waals surface area contributed by atoms with Gasteiger partial charge in [0.2, 0.25) is 23.5 Å². The van der Waals surface area contributed by atoms with Gasteiger partial charge in [-0.15, -0.1) is 11.3 Å². The van der Waals surface area contributed by atoms with Crippen molar-refractivity contribution < 1.29 is 46.2 Å². The minimum atomic E-state index is -3.09. The van der Waals surface area contributed by atoms with Crippen molar-refractivity contribution in [3.63, 3.8) is 0 Å². The number of alkyl halides is 1. The van der Waals surface area contributed by atoms with E-state index in [9.17, 15) is 32.6 Å². The number of carbonyl (C=O) groups is 3. The molecule has 6 atom stereocenters. The number of fused-ring (bicyclic) bond motifs is 1. The number of ketones is 1. The number of carbonyl (C=O) groups excluding carboxylic acids is 3.